The molecule has 0 N–H and O–H groups in total. The van der Waals surface area contributed by atoms with Crippen molar-refractivity contribution < 1.29 is 18.0 Å². The molecule has 0 saturated carbocycles. The van der Waals surface area contributed by atoms with Gasteiger partial charge in [-0.15, -0.1) is 0 Å². The number of likely N-dealkylation sites (tertiary alicyclic amines) is 1. The van der Waals surface area contributed by atoms with Crippen LogP contribution in [-0.2, 0) is 6.18 Å². The van der Waals surface area contributed by atoms with E-state index in [4.69, 9.17) is 0 Å². The molecule has 0 bridgehead atoms. The van der Waals surface area contributed by atoms with Crippen LogP contribution in [0.5, 0.6) is 0 Å². The number of alkyl halides is 3. The van der Waals surface area contributed by atoms with Gasteiger partial charge in [0.15, 0.2) is 5.69 Å². The topological polar surface area (TPSA) is 51.0 Å². The Morgan fingerprint density at radius 2 is 2.18 bits per heavy atom. The highest BCUT2D eigenvalue weighted by atomic mass is 32.1. The molecule has 9 heteroatoms. The van der Waals surface area contributed by atoms with Crippen molar-refractivity contribution in [1.29, 1.82) is 0 Å². The van der Waals surface area contributed by atoms with Crippen molar-refractivity contribution in [3.05, 3.63) is 35.1 Å². The highest BCUT2D eigenvalue weighted by Crippen LogP contribution is 2.29. The molecule has 1 atom stereocenters. The average molecular weight is 330 g/mol. The van der Waals surface area contributed by atoms with Gasteiger partial charge in [-0.05, 0) is 36.5 Å². The van der Waals surface area contributed by atoms with Crippen LogP contribution in [0, 0.1) is 0 Å². The first-order valence-electron chi connectivity index (χ1n) is 6.77. The van der Waals surface area contributed by atoms with Crippen LogP contribution in [0.4, 0.5) is 13.2 Å². The summed E-state index contributed by atoms with van der Waals surface area (Å²) >= 11 is 1.20. The lowest BCUT2D eigenvalue weighted by molar-refractivity contribution is -0.141. The minimum absolute atomic E-state index is 0.186. The lowest BCUT2D eigenvalue weighted by Gasteiger charge is -2.32. The van der Waals surface area contributed by atoms with Gasteiger partial charge < -0.3 is 4.90 Å². The van der Waals surface area contributed by atoms with Gasteiger partial charge in [-0.2, -0.15) is 22.6 Å². The smallest absolute Gasteiger partial charge is 0.335 e. The molecule has 3 heterocycles. The first-order valence-corrected chi connectivity index (χ1v) is 7.61. The van der Waals surface area contributed by atoms with Gasteiger partial charge in [-0.3, -0.25) is 9.48 Å². The molecule has 3 rings (SSSR count). The Bertz CT molecular complexity index is 653. The summed E-state index contributed by atoms with van der Waals surface area (Å²) in [5.74, 6) is -0.186. The van der Waals surface area contributed by atoms with Gasteiger partial charge in [0.05, 0.1) is 6.04 Å². The van der Waals surface area contributed by atoms with Crippen LogP contribution in [0.25, 0.3) is 0 Å². The van der Waals surface area contributed by atoms with E-state index in [0.29, 0.717) is 25.2 Å². The van der Waals surface area contributed by atoms with E-state index in [0.717, 1.165) is 12.5 Å². The van der Waals surface area contributed by atoms with E-state index in [1.54, 1.807) is 16.3 Å². The number of nitrogens with zero attached hydrogens (tertiary/aromatic N) is 4. The molecule has 1 aliphatic heterocycles. The molecule has 0 aromatic carbocycles. The monoisotopic (exact) mass is 330 g/mol. The molecule has 1 saturated heterocycles. The zero-order chi connectivity index (χ0) is 15.7. The summed E-state index contributed by atoms with van der Waals surface area (Å²) in [6, 6.07) is 2.36. The van der Waals surface area contributed by atoms with Crippen molar-refractivity contribution >= 4 is 17.4 Å². The second kappa shape index (κ2) is 5.71. The number of halogens is 3. The Kier molecular flexibility index (Phi) is 3.90. The molecule has 0 aliphatic carbocycles. The highest BCUT2D eigenvalue weighted by molar-refractivity contribution is 7.03. The minimum atomic E-state index is -4.45. The molecule has 1 unspecified atom stereocenters. The first kappa shape index (κ1) is 15.0. The van der Waals surface area contributed by atoms with Gasteiger partial charge >= 0.3 is 6.18 Å². The van der Waals surface area contributed by atoms with Crippen LogP contribution in [0.15, 0.2) is 23.7 Å². The van der Waals surface area contributed by atoms with Gasteiger partial charge in [0, 0.05) is 24.7 Å². The van der Waals surface area contributed by atoms with Crippen LogP contribution >= 0.6 is 11.5 Å². The number of aromatic nitrogens is 3. The van der Waals surface area contributed by atoms with Crippen molar-refractivity contribution in [2.24, 2.45) is 0 Å². The Morgan fingerprint density at radius 1 is 1.36 bits per heavy atom. The van der Waals surface area contributed by atoms with Gasteiger partial charge in [0.1, 0.15) is 5.69 Å². The van der Waals surface area contributed by atoms with Gasteiger partial charge in [-0.25, -0.2) is 0 Å². The van der Waals surface area contributed by atoms with Crippen molar-refractivity contribution in [3.8, 4) is 0 Å². The molecule has 5 nitrogen and oxygen atoms in total. The lowest BCUT2D eigenvalue weighted by Crippen LogP contribution is -2.41. The maximum absolute atomic E-state index is 12.6. The van der Waals surface area contributed by atoms with Crippen molar-refractivity contribution in [2.75, 3.05) is 13.1 Å². The predicted molar refractivity (Wildman–Crippen MR) is 73.5 cm³/mol. The number of rotatable bonds is 2. The summed E-state index contributed by atoms with van der Waals surface area (Å²) in [4.78, 5) is 13.9. The molecule has 1 amide bonds. The number of hydrogen-bond acceptors (Lipinski definition) is 4. The summed E-state index contributed by atoms with van der Waals surface area (Å²) in [7, 11) is 0. The maximum Gasteiger partial charge on any atom is 0.435 e. The Balaban J connectivity index is 1.73. The van der Waals surface area contributed by atoms with E-state index >= 15 is 0 Å². The lowest BCUT2D eigenvalue weighted by atomic mass is 10.1. The molecule has 1 fully saturated rings. The Morgan fingerprint density at radius 3 is 2.82 bits per heavy atom. The molecule has 2 aromatic rings. The zero-order valence-electron chi connectivity index (χ0n) is 11.5. The van der Waals surface area contributed by atoms with E-state index in [1.807, 2.05) is 0 Å². The third-order valence-corrected chi connectivity index (χ3v) is 4.17. The number of carbonyl (C=O) groups excluding carboxylic acids is 1. The quantitative estimate of drug-likeness (QED) is 0.851. The SMILES string of the molecule is O=C(c1ccsn1)N1CCCC(n2ccc(C(F)(F)F)n2)C1. The third kappa shape index (κ3) is 2.99. The Labute approximate surface area is 128 Å². The predicted octanol–water partition coefficient (Wildman–Crippen LogP) is 2.84. The van der Waals surface area contributed by atoms with Crippen molar-refractivity contribution in [3.63, 3.8) is 0 Å². The first-order chi connectivity index (χ1) is 10.4. The van der Waals surface area contributed by atoms with Crippen LogP contribution in [0.1, 0.15) is 35.1 Å². The van der Waals surface area contributed by atoms with E-state index in [-0.39, 0.29) is 11.9 Å². The normalized spacial score (nSPS) is 19.4. The largest absolute Gasteiger partial charge is 0.435 e. The van der Waals surface area contributed by atoms with E-state index < -0.39 is 11.9 Å². The van der Waals surface area contributed by atoms with E-state index in [1.165, 1.54) is 22.4 Å². The summed E-state index contributed by atoms with van der Waals surface area (Å²) in [5.41, 5.74) is -0.530. The van der Waals surface area contributed by atoms with Crippen LogP contribution in [0.2, 0.25) is 0 Å². The second-order valence-electron chi connectivity index (χ2n) is 5.11. The van der Waals surface area contributed by atoms with Crippen LogP contribution < -0.4 is 0 Å². The Hall–Kier alpha value is -1.90. The number of amides is 1. The number of carbonyl (C=O) groups is 1. The molecule has 0 spiro atoms. The summed E-state index contributed by atoms with van der Waals surface area (Å²) < 4.78 is 43.1. The number of piperidine rings is 1. The van der Waals surface area contributed by atoms with Crippen molar-refractivity contribution in [2.45, 2.75) is 25.1 Å². The molecular formula is C13H13F3N4OS. The minimum Gasteiger partial charge on any atom is -0.335 e. The second-order valence-corrected chi connectivity index (χ2v) is 5.78. The maximum atomic E-state index is 12.6. The van der Waals surface area contributed by atoms with E-state index in [9.17, 15) is 18.0 Å². The van der Waals surface area contributed by atoms with Gasteiger partial charge in [0.25, 0.3) is 5.91 Å². The standard InChI is InChI=1S/C13H13F3N4OS/c14-13(15,16)11-3-6-20(17-11)9-2-1-5-19(8-9)12(21)10-4-7-22-18-10/h3-4,6-7,9H,1-2,5,8H2. The summed E-state index contributed by atoms with van der Waals surface area (Å²) in [6.07, 6.45) is -1.71. The number of hydrogen-bond donors (Lipinski definition) is 0. The molecule has 2 aromatic heterocycles. The fourth-order valence-corrected chi connectivity index (χ4v) is 3.04. The third-order valence-electron chi connectivity index (χ3n) is 3.61. The molecule has 22 heavy (non-hydrogen) atoms. The summed E-state index contributed by atoms with van der Waals surface area (Å²) in [6.45, 7) is 0.926. The van der Waals surface area contributed by atoms with Crippen molar-refractivity contribution in [1.82, 2.24) is 19.1 Å². The fourth-order valence-electron chi connectivity index (χ4n) is 2.53. The molecule has 1 aliphatic rings. The van der Waals surface area contributed by atoms with Crippen LogP contribution in [-0.4, -0.2) is 38.1 Å². The van der Waals surface area contributed by atoms with Gasteiger partial charge in [0.2, 0.25) is 0 Å². The van der Waals surface area contributed by atoms with E-state index in [2.05, 4.69) is 9.47 Å². The summed E-state index contributed by atoms with van der Waals surface area (Å²) in [5, 5.41) is 5.32. The molecule has 0 radical (unpaired) electrons. The fraction of sp³-hybridized carbons (Fsp3) is 0.462. The molecule has 118 valence electrons. The molecular weight excluding hydrogens is 317 g/mol. The average Bonchev–Trinajstić information content (AvgIpc) is 3.17. The van der Waals surface area contributed by atoms with Gasteiger partial charge in [-0.1, -0.05) is 0 Å². The van der Waals surface area contributed by atoms with Crippen LogP contribution in [0.3, 0.4) is 0 Å². The zero-order valence-corrected chi connectivity index (χ0v) is 12.3. The highest BCUT2D eigenvalue weighted by Gasteiger charge is 2.35.